The molecule has 0 radical (unpaired) electrons. The minimum absolute atomic E-state index is 0.124. The second-order valence-electron chi connectivity index (χ2n) is 27.0. The van der Waals surface area contributed by atoms with Gasteiger partial charge in [0.05, 0.1) is 33.1 Å². The molecule has 1 aliphatic rings. The van der Waals surface area contributed by atoms with Crippen molar-refractivity contribution >= 4 is 164 Å². The first kappa shape index (κ1) is 49.6. The largest absolute Gasteiger partial charge is 0.454 e. The molecule has 23 rings (SSSR count). The second-order valence-corrected chi connectivity index (χ2v) is 27.0. The topological polar surface area (TPSA) is 61.4 Å². The highest BCUT2D eigenvalue weighted by molar-refractivity contribution is 6.34. The van der Waals surface area contributed by atoms with E-state index in [2.05, 4.69) is 278 Å². The maximum absolute atomic E-state index is 7.22. The van der Waals surface area contributed by atoms with Gasteiger partial charge in [0.25, 0.3) is 0 Å². The molecule has 14 aromatic carbocycles. The second kappa shape index (κ2) is 17.1. The first-order valence-corrected chi connectivity index (χ1v) is 32.5. The molecule has 6 nitrogen and oxygen atoms in total. The number of aryl methyl sites for hydroxylation is 1. The predicted octanol–water partition coefficient (Wildman–Crippen LogP) is 24.9. The van der Waals surface area contributed by atoms with Crippen LogP contribution in [-0.2, 0) is 5.41 Å². The summed E-state index contributed by atoms with van der Waals surface area (Å²) in [6, 6.07) is 91.5. The molecule has 8 heterocycles. The van der Waals surface area contributed by atoms with Crippen molar-refractivity contribution in [2.75, 3.05) is 0 Å². The predicted molar refractivity (Wildman–Crippen MR) is 389 cm³/mol. The molecule has 0 aliphatic heterocycles. The highest BCUT2D eigenvalue weighted by Gasteiger charge is 2.36. The number of benzene rings is 14. The number of rotatable bonds is 4. The van der Waals surface area contributed by atoms with E-state index in [4.69, 9.17) is 17.7 Å². The van der Waals surface area contributed by atoms with Crippen molar-refractivity contribution in [3.8, 4) is 55.6 Å². The Hall–Kier alpha value is -12.1. The number of hydrogen-bond acceptors (Lipinski definition) is 4. The summed E-state index contributed by atoms with van der Waals surface area (Å²) in [6.07, 6.45) is 0. The molecule has 6 heteroatoms. The number of para-hydroxylation sites is 2. The van der Waals surface area contributed by atoms with Crippen molar-refractivity contribution in [2.45, 2.75) is 26.2 Å². The van der Waals surface area contributed by atoms with Gasteiger partial charge in [-0.3, -0.25) is 0 Å². The Kier molecular flexibility index (Phi) is 9.01. The van der Waals surface area contributed by atoms with Crippen LogP contribution >= 0.6 is 0 Å². The number of furan rings is 4. The lowest BCUT2D eigenvalue weighted by Crippen LogP contribution is -2.14. The SMILES string of the molecule is Cc1cccc(-c2ccccc2)c1-c1cc2c3ccc4c5ccccc5oc4c3n3c2c(c1)c1ccc2c4cc(-c5ccc6oc7c(ccc8c9cc(-c%10ccc%11c(c%10)C(C)(C)c%10ccccc%10-%11)cc%10c%11ccc%12c%13ccccc%13oc%12c%11n(c%109)c87)c6c5)ccc4oc2c13. The molecule has 22 aromatic rings. The third kappa shape index (κ3) is 6.08. The van der Waals surface area contributed by atoms with Crippen LogP contribution in [0.25, 0.3) is 220 Å². The zero-order chi connectivity index (χ0) is 61.3. The summed E-state index contributed by atoms with van der Waals surface area (Å²) in [4.78, 5) is 0. The van der Waals surface area contributed by atoms with Crippen molar-refractivity contribution in [3.05, 3.63) is 265 Å². The Morgan fingerprint density at radius 2 is 0.638 bits per heavy atom. The normalized spacial score (nSPS) is 13.6. The van der Waals surface area contributed by atoms with Gasteiger partial charge in [-0.1, -0.05) is 172 Å². The summed E-state index contributed by atoms with van der Waals surface area (Å²) in [7, 11) is 0. The van der Waals surface area contributed by atoms with E-state index in [9.17, 15) is 0 Å². The van der Waals surface area contributed by atoms with Crippen molar-refractivity contribution < 1.29 is 17.7 Å². The quantitative estimate of drug-likeness (QED) is 0.176. The fourth-order valence-corrected chi connectivity index (χ4v) is 17.7. The van der Waals surface area contributed by atoms with Gasteiger partial charge >= 0.3 is 0 Å². The average Bonchev–Trinajstić information content (AvgIpc) is 1.52. The Morgan fingerprint density at radius 3 is 1.17 bits per heavy atom. The molecule has 94 heavy (non-hydrogen) atoms. The van der Waals surface area contributed by atoms with E-state index in [0.717, 1.165) is 148 Å². The molecule has 8 aromatic heterocycles. The van der Waals surface area contributed by atoms with Gasteiger partial charge in [0.1, 0.15) is 22.3 Å². The number of hydrogen-bond donors (Lipinski definition) is 0. The van der Waals surface area contributed by atoms with E-state index in [1.165, 1.54) is 88.3 Å². The smallest absolute Gasteiger partial charge is 0.160 e. The number of nitrogens with zero attached hydrogens (tertiary/aromatic N) is 2. The summed E-state index contributed by atoms with van der Waals surface area (Å²) in [5, 5.41) is 18.0. The lowest BCUT2D eigenvalue weighted by atomic mass is 9.81. The van der Waals surface area contributed by atoms with Crippen molar-refractivity contribution in [1.29, 1.82) is 0 Å². The monoisotopic (exact) mass is 1200 g/mol. The van der Waals surface area contributed by atoms with Crippen LogP contribution in [0.4, 0.5) is 0 Å². The van der Waals surface area contributed by atoms with Gasteiger partial charge < -0.3 is 26.5 Å². The summed E-state index contributed by atoms with van der Waals surface area (Å²) in [5.41, 5.74) is 29.3. The molecule has 0 unspecified atom stereocenters. The molecular formula is C88H50N2O4. The third-order valence-electron chi connectivity index (χ3n) is 21.9. The summed E-state index contributed by atoms with van der Waals surface area (Å²) in [6.45, 7) is 6.96. The molecule has 0 saturated heterocycles. The Morgan fingerprint density at radius 1 is 0.245 bits per heavy atom. The van der Waals surface area contributed by atoms with Crippen LogP contribution in [0.15, 0.2) is 266 Å². The summed E-state index contributed by atoms with van der Waals surface area (Å²) in [5.74, 6) is 0. The van der Waals surface area contributed by atoms with Crippen molar-refractivity contribution in [3.63, 3.8) is 0 Å². The lowest BCUT2D eigenvalue weighted by Gasteiger charge is -2.22. The van der Waals surface area contributed by atoms with E-state index in [0.29, 0.717) is 0 Å². The molecule has 0 fully saturated rings. The van der Waals surface area contributed by atoms with Crippen LogP contribution < -0.4 is 0 Å². The zero-order valence-corrected chi connectivity index (χ0v) is 51.2. The molecule has 0 amide bonds. The van der Waals surface area contributed by atoms with E-state index in [-0.39, 0.29) is 5.41 Å². The first-order valence-electron chi connectivity index (χ1n) is 32.5. The van der Waals surface area contributed by atoms with Gasteiger partial charge in [-0.15, -0.1) is 0 Å². The van der Waals surface area contributed by atoms with Gasteiger partial charge in [-0.25, -0.2) is 0 Å². The Bertz CT molecular complexity index is 7200. The maximum Gasteiger partial charge on any atom is 0.160 e. The minimum atomic E-state index is -0.124. The van der Waals surface area contributed by atoms with Crippen LogP contribution in [-0.4, -0.2) is 8.80 Å². The summed E-state index contributed by atoms with van der Waals surface area (Å²) >= 11 is 0. The highest BCUT2D eigenvalue weighted by Crippen LogP contribution is 2.54. The maximum atomic E-state index is 7.22. The van der Waals surface area contributed by atoms with Crippen LogP contribution in [0.5, 0.6) is 0 Å². The molecule has 0 bridgehead atoms. The van der Waals surface area contributed by atoms with Crippen LogP contribution in [0.3, 0.4) is 0 Å². The van der Waals surface area contributed by atoms with Gasteiger partial charge in [0, 0.05) is 91.6 Å². The van der Waals surface area contributed by atoms with E-state index in [1.807, 2.05) is 0 Å². The van der Waals surface area contributed by atoms with Gasteiger partial charge in [0.2, 0.25) is 0 Å². The summed E-state index contributed by atoms with van der Waals surface area (Å²) < 4.78 is 33.2. The number of aromatic nitrogens is 2. The first-order chi connectivity index (χ1) is 46.3. The van der Waals surface area contributed by atoms with Crippen LogP contribution in [0.1, 0.15) is 30.5 Å². The average molecular weight is 1200 g/mol. The lowest BCUT2D eigenvalue weighted by molar-refractivity contribution is 0.660. The molecule has 436 valence electrons. The Labute approximate surface area is 534 Å². The van der Waals surface area contributed by atoms with Gasteiger partial charge in [-0.05, 0) is 170 Å². The van der Waals surface area contributed by atoms with Gasteiger partial charge in [0.15, 0.2) is 22.3 Å². The standard InChI is InChI=1S/C88H50N2O4/c1-45-14-13-20-52(46-15-5-4-6-16-46)77(45)51-42-69-59-29-33-62-56-19-9-12-23-74(56)92-85(62)81(59)90-79(69)70(43-51)60-31-35-64-66-39-48(26-37-76(66)94-87(64)83(60)90)47-25-36-75-65(38-47)63-34-30-58-68-41-50(49-24-27-54-53-17-7-10-21-71(53)88(2,3)72(54)44-49)40-67-57-28-32-61-55-18-8-11-22-73(55)91-84(61)80(57)89(78(67)68)82(58)86(63)93-75/h4-44H,1-3H3. The van der Waals surface area contributed by atoms with E-state index < -0.39 is 0 Å². The fraction of sp³-hybridized carbons (Fsp3) is 0.0455. The van der Waals surface area contributed by atoms with Crippen LogP contribution in [0, 0.1) is 6.92 Å². The molecule has 1 aliphatic carbocycles. The third-order valence-corrected chi connectivity index (χ3v) is 21.9. The zero-order valence-electron chi connectivity index (χ0n) is 51.2. The Balaban J connectivity index is 0.727. The minimum Gasteiger partial charge on any atom is -0.454 e. The molecule has 0 atom stereocenters. The van der Waals surface area contributed by atoms with Crippen molar-refractivity contribution in [2.24, 2.45) is 0 Å². The van der Waals surface area contributed by atoms with Gasteiger partial charge in [-0.2, -0.15) is 0 Å². The molecular weight excluding hydrogens is 1150 g/mol. The van der Waals surface area contributed by atoms with E-state index >= 15 is 0 Å². The molecule has 0 N–H and O–H groups in total. The molecule has 0 saturated carbocycles. The fourth-order valence-electron chi connectivity index (χ4n) is 17.7. The van der Waals surface area contributed by atoms with E-state index in [1.54, 1.807) is 0 Å². The van der Waals surface area contributed by atoms with Crippen LogP contribution in [0.2, 0.25) is 0 Å². The van der Waals surface area contributed by atoms with Crippen molar-refractivity contribution in [1.82, 2.24) is 8.80 Å². The molecule has 0 spiro atoms. The highest BCUT2D eigenvalue weighted by atomic mass is 16.3. The number of fused-ring (bicyclic) bond motifs is 31.